The molecular formula is C23H27N5O2S. The fourth-order valence-electron chi connectivity index (χ4n) is 3.58. The summed E-state index contributed by atoms with van der Waals surface area (Å²) in [5.74, 6) is 1.57. The van der Waals surface area contributed by atoms with Crippen molar-refractivity contribution in [2.24, 2.45) is 0 Å². The van der Waals surface area contributed by atoms with Crippen LogP contribution in [0.4, 0.5) is 5.69 Å². The first-order chi connectivity index (χ1) is 15.0. The van der Waals surface area contributed by atoms with Crippen LogP contribution in [0.1, 0.15) is 41.9 Å². The number of aromatic nitrogens is 3. The number of anilines is 1. The molecule has 31 heavy (non-hydrogen) atoms. The molecule has 0 spiro atoms. The smallest absolute Gasteiger partial charge is 0.240 e. The van der Waals surface area contributed by atoms with Gasteiger partial charge in [0.15, 0.2) is 5.82 Å². The van der Waals surface area contributed by atoms with Crippen LogP contribution in [0.3, 0.4) is 0 Å². The van der Waals surface area contributed by atoms with Crippen molar-refractivity contribution in [2.75, 3.05) is 17.9 Å². The molecule has 0 aliphatic carbocycles. The van der Waals surface area contributed by atoms with E-state index in [9.17, 15) is 4.79 Å². The van der Waals surface area contributed by atoms with Crippen molar-refractivity contribution in [2.45, 2.75) is 50.1 Å². The van der Waals surface area contributed by atoms with E-state index < -0.39 is 5.25 Å². The third kappa shape index (κ3) is 4.39. The Bertz CT molecular complexity index is 1080. The second-order valence-electron chi connectivity index (χ2n) is 7.69. The summed E-state index contributed by atoms with van der Waals surface area (Å²) in [5.41, 5.74) is 7.61. The number of aryl methyl sites for hydroxylation is 3. The fourth-order valence-corrected chi connectivity index (χ4v) is 4.68. The highest BCUT2D eigenvalue weighted by Gasteiger charge is 2.37. The van der Waals surface area contributed by atoms with Gasteiger partial charge >= 0.3 is 0 Å². The van der Waals surface area contributed by atoms with Gasteiger partial charge in [0.25, 0.3) is 0 Å². The van der Waals surface area contributed by atoms with Gasteiger partial charge in [0.2, 0.25) is 11.1 Å². The van der Waals surface area contributed by atoms with Gasteiger partial charge in [-0.3, -0.25) is 4.79 Å². The highest BCUT2D eigenvalue weighted by molar-refractivity contribution is 8.00. The number of hydrogen-bond acceptors (Lipinski definition) is 6. The molecule has 4 rings (SSSR count). The molecule has 0 bridgehead atoms. The summed E-state index contributed by atoms with van der Waals surface area (Å²) < 4.78 is 7.21. The van der Waals surface area contributed by atoms with E-state index >= 15 is 0 Å². The highest BCUT2D eigenvalue weighted by atomic mass is 32.2. The number of methoxy groups -OCH3 is 1. The molecule has 0 unspecified atom stereocenters. The van der Waals surface area contributed by atoms with Gasteiger partial charge in [-0.25, -0.2) is 4.68 Å². The second-order valence-corrected chi connectivity index (χ2v) is 8.80. The summed E-state index contributed by atoms with van der Waals surface area (Å²) >= 11 is 1.43. The van der Waals surface area contributed by atoms with Crippen LogP contribution in [-0.4, -0.2) is 33.1 Å². The number of fused-ring (bicyclic) bond motifs is 1. The lowest BCUT2D eigenvalue weighted by atomic mass is 10.0. The standard InChI is InChI=1S/C23H27N5O2S/c1-5-6-19-25-26-23-28(19)27-20(16-8-11-18(30-4)12-9-16)21(31-23)22(29)24-17-10-7-14(2)15(3)13-17/h7-13,20-21,27H,5-6H2,1-4H3,(H,24,29)/t20-,21+/m1/s1. The van der Waals surface area contributed by atoms with Crippen molar-refractivity contribution >= 4 is 23.4 Å². The molecule has 0 fully saturated rings. The lowest BCUT2D eigenvalue weighted by Crippen LogP contribution is -2.41. The van der Waals surface area contributed by atoms with Crippen molar-refractivity contribution in [1.82, 2.24) is 14.9 Å². The highest BCUT2D eigenvalue weighted by Crippen LogP contribution is 2.38. The zero-order valence-corrected chi connectivity index (χ0v) is 19.0. The zero-order chi connectivity index (χ0) is 22.0. The van der Waals surface area contributed by atoms with Crippen LogP contribution in [0.5, 0.6) is 5.75 Å². The van der Waals surface area contributed by atoms with Gasteiger partial charge in [-0.05, 0) is 61.2 Å². The average Bonchev–Trinajstić information content (AvgIpc) is 3.17. The van der Waals surface area contributed by atoms with Gasteiger partial charge in [0.05, 0.1) is 13.2 Å². The minimum Gasteiger partial charge on any atom is -0.497 e. The van der Waals surface area contributed by atoms with E-state index in [1.165, 1.54) is 17.3 Å². The molecule has 2 atom stereocenters. The molecule has 7 nitrogen and oxygen atoms in total. The monoisotopic (exact) mass is 437 g/mol. The van der Waals surface area contributed by atoms with Crippen molar-refractivity contribution in [3.63, 3.8) is 0 Å². The molecule has 3 aromatic rings. The maximum absolute atomic E-state index is 13.4. The maximum Gasteiger partial charge on any atom is 0.240 e. The molecule has 0 saturated heterocycles. The Morgan fingerprint density at radius 1 is 1.16 bits per heavy atom. The van der Waals surface area contributed by atoms with Gasteiger partial charge in [-0.2, -0.15) is 0 Å². The van der Waals surface area contributed by atoms with Crippen LogP contribution < -0.4 is 15.5 Å². The van der Waals surface area contributed by atoms with Gasteiger partial charge < -0.3 is 15.5 Å². The molecule has 1 amide bonds. The number of amides is 1. The Kier molecular flexibility index (Phi) is 6.18. The van der Waals surface area contributed by atoms with E-state index in [1.807, 2.05) is 54.1 Å². The average molecular weight is 438 g/mol. The molecule has 0 radical (unpaired) electrons. The Balaban J connectivity index is 1.65. The van der Waals surface area contributed by atoms with Gasteiger partial charge in [0, 0.05) is 12.1 Å². The Labute approximate surface area is 186 Å². The van der Waals surface area contributed by atoms with E-state index in [4.69, 9.17) is 4.74 Å². The molecule has 1 aliphatic rings. The quantitative estimate of drug-likeness (QED) is 0.600. The molecule has 2 aromatic carbocycles. The molecule has 1 aliphatic heterocycles. The topological polar surface area (TPSA) is 81.1 Å². The number of nitrogens with one attached hydrogen (secondary N) is 2. The summed E-state index contributed by atoms with van der Waals surface area (Å²) in [5, 5.41) is 12.0. The number of rotatable bonds is 6. The van der Waals surface area contributed by atoms with Gasteiger partial charge in [-0.15, -0.1) is 10.2 Å². The van der Waals surface area contributed by atoms with Crippen molar-refractivity contribution in [3.05, 3.63) is 65.0 Å². The van der Waals surface area contributed by atoms with Crippen LogP contribution in [0.2, 0.25) is 0 Å². The first kappa shape index (κ1) is 21.2. The van der Waals surface area contributed by atoms with Gasteiger partial charge in [-0.1, -0.05) is 36.9 Å². The van der Waals surface area contributed by atoms with Crippen molar-refractivity contribution in [3.8, 4) is 5.75 Å². The molecule has 2 heterocycles. The third-order valence-corrected chi connectivity index (χ3v) is 6.70. The van der Waals surface area contributed by atoms with Crippen LogP contribution >= 0.6 is 11.8 Å². The van der Waals surface area contributed by atoms with E-state index in [1.54, 1.807) is 7.11 Å². The lowest BCUT2D eigenvalue weighted by molar-refractivity contribution is -0.116. The third-order valence-electron chi connectivity index (χ3n) is 5.49. The first-order valence-electron chi connectivity index (χ1n) is 10.4. The summed E-state index contributed by atoms with van der Waals surface area (Å²) in [4.78, 5) is 13.4. The molecule has 162 valence electrons. The minimum atomic E-state index is -0.416. The van der Waals surface area contributed by atoms with E-state index in [-0.39, 0.29) is 11.9 Å². The Morgan fingerprint density at radius 3 is 2.61 bits per heavy atom. The van der Waals surface area contributed by atoms with Crippen LogP contribution in [0.15, 0.2) is 47.6 Å². The van der Waals surface area contributed by atoms with E-state index in [0.717, 1.165) is 41.2 Å². The molecule has 8 heteroatoms. The number of hydrogen-bond donors (Lipinski definition) is 2. The Morgan fingerprint density at radius 2 is 1.94 bits per heavy atom. The summed E-state index contributed by atoms with van der Waals surface area (Å²) in [6.45, 7) is 6.21. The number of ether oxygens (including phenoxy) is 1. The maximum atomic E-state index is 13.4. The first-order valence-corrected chi connectivity index (χ1v) is 11.3. The number of benzene rings is 2. The molecule has 1 aromatic heterocycles. The van der Waals surface area contributed by atoms with Crippen LogP contribution in [0, 0.1) is 13.8 Å². The van der Waals surface area contributed by atoms with E-state index in [0.29, 0.717) is 5.16 Å². The van der Waals surface area contributed by atoms with E-state index in [2.05, 4.69) is 34.8 Å². The fraction of sp³-hybridized carbons (Fsp3) is 0.348. The summed E-state index contributed by atoms with van der Waals surface area (Å²) in [6.07, 6.45) is 1.78. The Hall–Kier alpha value is -3.00. The summed E-state index contributed by atoms with van der Waals surface area (Å²) in [6, 6.07) is 13.5. The van der Waals surface area contributed by atoms with Crippen molar-refractivity contribution < 1.29 is 9.53 Å². The summed E-state index contributed by atoms with van der Waals surface area (Å²) in [7, 11) is 1.64. The second kappa shape index (κ2) is 9.01. The number of carbonyl (C=O) groups is 1. The number of nitrogens with zero attached hydrogens (tertiary/aromatic N) is 3. The normalized spacial score (nSPS) is 17.5. The number of carbonyl (C=O) groups excluding carboxylic acids is 1. The van der Waals surface area contributed by atoms with Crippen LogP contribution in [-0.2, 0) is 11.2 Å². The predicted octanol–water partition coefficient (Wildman–Crippen LogP) is 4.25. The minimum absolute atomic E-state index is 0.0761. The number of thioether (sulfide) groups is 1. The largest absolute Gasteiger partial charge is 0.497 e. The molecule has 0 saturated carbocycles. The van der Waals surface area contributed by atoms with Gasteiger partial charge in [0.1, 0.15) is 11.0 Å². The molecule has 2 N–H and O–H groups in total. The predicted molar refractivity (Wildman–Crippen MR) is 123 cm³/mol. The zero-order valence-electron chi connectivity index (χ0n) is 18.2. The lowest BCUT2D eigenvalue weighted by Gasteiger charge is -2.33. The SMILES string of the molecule is CCCc1nnc2n1N[C@H](c1ccc(OC)cc1)[C@@H](C(=O)Nc1ccc(C)c(C)c1)S2. The molecular weight excluding hydrogens is 410 g/mol. The van der Waals surface area contributed by atoms with Crippen molar-refractivity contribution in [1.29, 1.82) is 0 Å². The van der Waals surface area contributed by atoms with Crippen LogP contribution in [0.25, 0.3) is 0 Å².